The van der Waals surface area contributed by atoms with Gasteiger partial charge in [-0.3, -0.25) is 9.00 Å². The third kappa shape index (κ3) is 7.25. The molecule has 1 aromatic heterocycles. The van der Waals surface area contributed by atoms with Crippen LogP contribution in [-0.4, -0.2) is 47.4 Å². The fraction of sp³-hybridized carbons (Fsp3) is 0.263. The van der Waals surface area contributed by atoms with Gasteiger partial charge in [-0.15, -0.1) is 4.72 Å². The number of rotatable bonds is 9. The number of para-hydroxylation sites is 1. The van der Waals surface area contributed by atoms with Gasteiger partial charge in [-0.25, -0.2) is 13.4 Å². The molecular formula is C19H17ClF3N3O5S2. The summed E-state index contributed by atoms with van der Waals surface area (Å²) in [6.07, 6.45) is -4.05. The second-order valence-electron chi connectivity index (χ2n) is 6.87. The Bertz CT molecular complexity index is 1260. The number of alkyl halides is 3. The van der Waals surface area contributed by atoms with E-state index in [4.69, 9.17) is 16.0 Å². The first kappa shape index (κ1) is 25.1. The molecule has 2 unspecified atom stereocenters. The summed E-state index contributed by atoms with van der Waals surface area (Å²) >= 11 is 5.81. The van der Waals surface area contributed by atoms with E-state index in [1.54, 1.807) is 18.2 Å². The Morgan fingerprint density at radius 1 is 1.18 bits per heavy atom. The number of carbonyl (C=O) groups excluding carboxylic acids is 1. The molecule has 0 saturated carbocycles. The highest BCUT2D eigenvalue weighted by Gasteiger charge is 2.36. The Morgan fingerprint density at radius 3 is 2.55 bits per heavy atom. The summed E-state index contributed by atoms with van der Waals surface area (Å²) in [6.45, 7) is -0.466. The predicted octanol–water partition coefficient (Wildman–Crippen LogP) is 2.97. The van der Waals surface area contributed by atoms with E-state index in [2.05, 4.69) is 10.3 Å². The second kappa shape index (κ2) is 10.2. The standard InChI is InChI=1S/C19H17ClF3N3O5S2/c20-13-6-4-12(5-7-13)9-32(28)14(10-33(29,30)26-19(21,22)23)8-24-18(27)15-2-1-3-16-17(15)25-11-31-16/h1-7,11,14,26H,8-10H2,(H,24,27). The topological polar surface area (TPSA) is 118 Å². The third-order valence-electron chi connectivity index (χ3n) is 4.37. The van der Waals surface area contributed by atoms with Crippen molar-refractivity contribution >= 4 is 49.4 Å². The zero-order chi connectivity index (χ0) is 24.2. The smallest absolute Gasteiger partial charge is 0.443 e. The van der Waals surface area contributed by atoms with Crippen LogP contribution < -0.4 is 10.0 Å². The molecule has 3 aromatic rings. The lowest BCUT2D eigenvalue weighted by Gasteiger charge is -2.19. The molecule has 2 aromatic carbocycles. The number of sulfonamides is 1. The average molecular weight is 524 g/mol. The van der Waals surface area contributed by atoms with Gasteiger partial charge in [0.1, 0.15) is 5.52 Å². The Hall–Kier alpha value is -2.48. The molecule has 3 rings (SSSR count). The number of halogens is 4. The Kier molecular flexibility index (Phi) is 7.77. The molecule has 0 spiro atoms. The number of aromatic nitrogens is 1. The van der Waals surface area contributed by atoms with Crippen molar-refractivity contribution in [3.8, 4) is 0 Å². The van der Waals surface area contributed by atoms with Crippen molar-refractivity contribution in [1.82, 2.24) is 15.0 Å². The molecular weight excluding hydrogens is 507 g/mol. The Morgan fingerprint density at radius 2 is 1.88 bits per heavy atom. The number of amides is 1. The first-order chi connectivity index (χ1) is 15.4. The number of nitrogens with zero attached hydrogens (tertiary/aromatic N) is 1. The first-order valence-corrected chi connectivity index (χ1v) is 12.7. The van der Waals surface area contributed by atoms with Crippen molar-refractivity contribution in [2.75, 3.05) is 12.3 Å². The van der Waals surface area contributed by atoms with E-state index >= 15 is 0 Å². The van der Waals surface area contributed by atoms with Crippen molar-refractivity contribution in [3.05, 3.63) is 65.0 Å². The van der Waals surface area contributed by atoms with Gasteiger partial charge in [0.2, 0.25) is 10.0 Å². The number of nitrogens with one attached hydrogen (secondary N) is 2. The van der Waals surface area contributed by atoms with Crippen LogP contribution in [0.15, 0.2) is 53.3 Å². The van der Waals surface area contributed by atoms with Crippen molar-refractivity contribution < 1.29 is 35.0 Å². The van der Waals surface area contributed by atoms with Crippen LogP contribution in [-0.2, 0) is 26.6 Å². The minimum Gasteiger partial charge on any atom is -0.443 e. The van der Waals surface area contributed by atoms with E-state index < -0.39 is 50.6 Å². The molecule has 0 bridgehead atoms. The second-order valence-corrected chi connectivity index (χ2v) is 10.8. The summed E-state index contributed by atoms with van der Waals surface area (Å²) in [7, 11) is -6.85. The molecule has 0 aliphatic heterocycles. The number of oxazole rings is 1. The Labute approximate surface area is 194 Å². The van der Waals surface area contributed by atoms with E-state index in [1.165, 1.54) is 24.3 Å². The normalized spacial score (nSPS) is 14.2. The zero-order valence-corrected chi connectivity index (χ0v) is 19.0. The molecule has 33 heavy (non-hydrogen) atoms. The number of carbonyl (C=O) groups is 1. The van der Waals surface area contributed by atoms with Gasteiger partial charge >= 0.3 is 6.30 Å². The minimum absolute atomic E-state index is 0.111. The Balaban J connectivity index is 1.78. The first-order valence-electron chi connectivity index (χ1n) is 9.24. The van der Waals surface area contributed by atoms with Gasteiger partial charge in [0, 0.05) is 28.1 Å². The van der Waals surface area contributed by atoms with Crippen molar-refractivity contribution in [3.63, 3.8) is 0 Å². The van der Waals surface area contributed by atoms with E-state index in [0.29, 0.717) is 20.9 Å². The zero-order valence-electron chi connectivity index (χ0n) is 16.6. The van der Waals surface area contributed by atoms with Gasteiger partial charge in [0.25, 0.3) is 5.91 Å². The average Bonchev–Trinajstić information content (AvgIpc) is 3.19. The fourth-order valence-corrected chi connectivity index (χ4v) is 6.26. The highest BCUT2D eigenvalue weighted by atomic mass is 35.5. The summed E-state index contributed by atoms with van der Waals surface area (Å²) in [4.78, 5) is 16.6. The molecule has 0 radical (unpaired) electrons. The summed E-state index contributed by atoms with van der Waals surface area (Å²) in [5.74, 6) is -1.96. The van der Waals surface area contributed by atoms with Crippen LogP contribution in [0.1, 0.15) is 15.9 Å². The molecule has 0 aliphatic rings. The van der Waals surface area contributed by atoms with Crippen LogP contribution in [0.4, 0.5) is 13.2 Å². The highest BCUT2D eigenvalue weighted by molar-refractivity contribution is 7.91. The molecule has 0 aliphatic carbocycles. The van der Waals surface area contributed by atoms with Crippen LogP contribution in [0.25, 0.3) is 11.1 Å². The van der Waals surface area contributed by atoms with E-state index in [1.807, 2.05) is 0 Å². The quantitative estimate of drug-likeness (QED) is 0.416. The molecule has 1 heterocycles. The van der Waals surface area contributed by atoms with E-state index in [0.717, 1.165) is 6.39 Å². The summed E-state index contributed by atoms with van der Waals surface area (Å²) < 4.78 is 80.3. The highest BCUT2D eigenvalue weighted by Crippen LogP contribution is 2.18. The number of benzene rings is 2. The SMILES string of the molecule is O=C(NCC(CS(=O)(=O)NC(F)(F)F)S(=O)Cc1ccc(Cl)cc1)c1cccc2ocnc12. The van der Waals surface area contributed by atoms with Crippen LogP contribution >= 0.6 is 11.6 Å². The monoisotopic (exact) mass is 523 g/mol. The van der Waals surface area contributed by atoms with Crippen LogP contribution in [0.5, 0.6) is 0 Å². The number of fused-ring (bicyclic) bond motifs is 1. The van der Waals surface area contributed by atoms with Gasteiger partial charge in [-0.1, -0.05) is 29.8 Å². The lowest BCUT2D eigenvalue weighted by molar-refractivity contribution is -0.138. The molecule has 2 atom stereocenters. The molecule has 8 nitrogen and oxygen atoms in total. The molecule has 2 N–H and O–H groups in total. The molecule has 1 amide bonds. The van der Waals surface area contributed by atoms with Crippen LogP contribution in [0.3, 0.4) is 0 Å². The molecule has 0 fully saturated rings. The van der Waals surface area contributed by atoms with Crippen molar-refractivity contribution in [1.29, 1.82) is 0 Å². The molecule has 14 heteroatoms. The maximum Gasteiger partial charge on any atom is 0.470 e. The van der Waals surface area contributed by atoms with Gasteiger partial charge in [0.05, 0.1) is 16.6 Å². The van der Waals surface area contributed by atoms with Crippen molar-refractivity contribution in [2.24, 2.45) is 0 Å². The summed E-state index contributed by atoms with van der Waals surface area (Å²) in [5, 5.41) is 1.51. The predicted molar refractivity (Wildman–Crippen MR) is 116 cm³/mol. The van der Waals surface area contributed by atoms with Gasteiger partial charge in [-0.2, -0.15) is 13.2 Å². The minimum atomic E-state index is -5.19. The number of hydrogen-bond acceptors (Lipinski definition) is 6. The summed E-state index contributed by atoms with van der Waals surface area (Å²) in [5.41, 5.74) is 1.23. The fourth-order valence-electron chi connectivity index (χ4n) is 2.92. The lowest BCUT2D eigenvalue weighted by Crippen LogP contribution is -2.45. The van der Waals surface area contributed by atoms with Gasteiger partial charge in [-0.05, 0) is 29.8 Å². The third-order valence-corrected chi connectivity index (χ3v) is 7.91. The van der Waals surface area contributed by atoms with Crippen molar-refractivity contribution in [2.45, 2.75) is 17.3 Å². The largest absolute Gasteiger partial charge is 0.470 e. The van der Waals surface area contributed by atoms with Crippen LogP contribution in [0, 0.1) is 0 Å². The van der Waals surface area contributed by atoms with Crippen LogP contribution in [0.2, 0.25) is 5.02 Å². The molecule has 178 valence electrons. The van der Waals surface area contributed by atoms with E-state index in [9.17, 15) is 30.6 Å². The van der Waals surface area contributed by atoms with Gasteiger partial charge < -0.3 is 9.73 Å². The number of hydrogen-bond donors (Lipinski definition) is 2. The van der Waals surface area contributed by atoms with E-state index in [-0.39, 0.29) is 16.8 Å². The lowest BCUT2D eigenvalue weighted by atomic mass is 10.2. The maximum atomic E-state index is 12.9. The maximum absolute atomic E-state index is 12.9. The van der Waals surface area contributed by atoms with Gasteiger partial charge in [0.15, 0.2) is 12.0 Å². The summed E-state index contributed by atoms with van der Waals surface area (Å²) in [6, 6.07) is 10.8. The molecule has 0 saturated heterocycles.